The average molecular weight is 197 g/mol. The van der Waals surface area contributed by atoms with E-state index in [1.165, 1.54) is 0 Å². The molecule has 0 amide bonds. The molecule has 0 radical (unpaired) electrons. The first-order chi connectivity index (χ1) is 6.63. The van der Waals surface area contributed by atoms with Gasteiger partial charge in [-0.3, -0.25) is 4.79 Å². The molecule has 3 heteroatoms. The van der Waals surface area contributed by atoms with E-state index in [9.17, 15) is 4.79 Å². The number of aliphatic carboxylic acids is 1. The molecule has 0 spiro atoms. The van der Waals surface area contributed by atoms with E-state index >= 15 is 0 Å². The fourth-order valence-corrected chi connectivity index (χ4v) is 2.01. The molecule has 14 heavy (non-hydrogen) atoms. The molecule has 0 aromatic heterocycles. The van der Waals surface area contributed by atoms with Crippen LogP contribution in [0.5, 0.6) is 0 Å². The topological polar surface area (TPSA) is 49.3 Å². The fourth-order valence-electron chi connectivity index (χ4n) is 2.01. The molecule has 3 nitrogen and oxygen atoms in total. The first-order valence-corrected chi connectivity index (χ1v) is 5.25. The zero-order valence-electron chi connectivity index (χ0n) is 8.70. The number of hydrogen-bond acceptors (Lipinski definition) is 2. The van der Waals surface area contributed by atoms with Crippen molar-refractivity contribution in [1.29, 1.82) is 0 Å². The quantitative estimate of drug-likeness (QED) is 0.675. The summed E-state index contributed by atoms with van der Waals surface area (Å²) >= 11 is 0. The van der Waals surface area contributed by atoms with Gasteiger partial charge in [0.15, 0.2) is 0 Å². The Kier molecular flexibility index (Phi) is 4.14. The predicted molar refractivity (Wildman–Crippen MR) is 56.2 cm³/mol. The SMILES string of the molecule is C=CC(C)NC1CCCC(C(=O)O)C1. The third-order valence-corrected chi connectivity index (χ3v) is 2.88. The van der Waals surface area contributed by atoms with Crippen molar-refractivity contribution >= 4 is 5.97 Å². The van der Waals surface area contributed by atoms with Gasteiger partial charge in [-0.25, -0.2) is 0 Å². The highest BCUT2D eigenvalue weighted by Crippen LogP contribution is 2.24. The molecule has 3 unspecified atom stereocenters. The molecule has 0 bridgehead atoms. The minimum atomic E-state index is -0.650. The molecular formula is C11H19NO2. The van der Waals surface area contributed by atoms with Crippen LogP contribution in [0, 0.1) is 5.92 Å². The van der Waals surface area contributed by atoms with Gasteiger partial charge in [0.2, 0.25) is 0 Å². The van der Waals surface area contributed by atoms with E-state index in [4.69, 9.17) is 5.11 Å². The van der Waals surface area contributed by atoms with Crippen molar-refractivity contribution in [3.63, 3.8) is 0 Å². The van der Waals surface area contributed by atoms with Crippen molar-refractivity contribution < 1.29 is 9.90 Å². The highest BCUT2D eigenvalue weighted by Gasteiger charge is 2.26. The molecule has 0 aliphatic heterocycles. The van der Waals surface area contributed by atoms with Gasteiger partial charge < -0.3 is 10.4 Å². The summed E-state index contributed by atoms with van der Waals surface area (Å²) in [5.74, 6) is -0.805. The van der Waals surface area contributed by atoms with Crippen LogP contribution in [0.3, 0.4) is 0 Å². The number of rotatable bonds is 4. The molecule has 1 fully saturated rings. The Labute approximate surface area is 85.2 Å². The summed E-state index contributed by atoms with van der Waals surface area (Å²) in [6, 6.07) is 0.616. The summed E-state index contributed by atoms with van der Waals surface area (Å²) < 4.78 is 0. The minimum absolute atomic E-state index is 0.154. The van der Waals surface area contributed by atoms with Crippen molar-refractivity contribution in [3.05, 3.63) is 12.7 Å². The maximum Gasteiger partial charge on any atom is 0.306 e. The van der Waals surface area contributed by atoms with Gasteiger partial charge in [0.05, 0.1) is 5.92 Å². The van der Waals surface area contributed by atoms with Crippen LogP contribution in [0.15, 0.2) is 12.7 Å². The lowest BCUT2D eigenvalue weighted by Gasteiger charge is -2.29. The van der Waals surface area contributed by atoms with Crippen molar-refractivity contribution in [2.45, 2.75) is 44.7 Å². The van der Waals surface area contributed by atoms with E-state index in [0.29, 0.717) is 6.04 Å². The largest absolute Gasteiger partial charge is 0.481 e. The number of hydrogen-bond donors (Lipinski definition) is 2. The molecule has 1 aliphatic rings. The lowest BCUT2D eigenvalue weighted by Crippen LogP contribution is -2.40. The summed E-state index contributed by atoms with van der Waals surface area (Å²) in [6.45, 7) is 5.74. The molecule has 0 saturated heterocycles. The monoisotopic (exact) mass is 197 g/mol. The lowest BCUT2D eigenvalue weighted by molar-refractivity contribution is -0.143. The minimum Gasteiger partial charge on any atom is -0.481 e. The van der Waals surface area contributed by atoms with Gasteiger partial charge >= 0.3 is 5.97 Å². The Hall–Kier alpha value is -0.830. The predicted octanol–water partition coefficient (Wildman–Crippen LogP) is 1.79. The molecule has 0 aromatic carbocycles. The van der Waals surface area contributed by atoms with Crippen LogP contribution in [0.25, 0.3) is 0 Å². The Morgan fingerprint density at radius 2 is 2.36 bits per heavy atom. The van der Waals surface area contributed by atoms with Crippen molar-refractivity contribution in [3.8, 4) is 0 Å². The average Bonchev–Trinajstić information content (AvgIpc) is 2.18. The second-order valence-corrected chi connectivity index (χ2v) is 4.09. The molecule has 1 saturated carbocycles. The van der Waals surface area contributed by atoms with E-state index in [-0.39, 0.29) is 12.0 Å². The molecule has 3 atom stereocenters. The molecular weight excluding hydrogens is 178 g/mol. The van der Waals surface area contributed by atoms with Crippen LogP contribution in [0.1, 0.15) is 32.6 Å². The van der Waals surface area contributed by atoms with Gasteiger partial charge in [-0.1, -0.05) is 12.5 Å². The number of carboxylic acids is 1. The maximum absolute atomic E-state index is 10.8. The van der Waals surface area contributed by atoms with Gasteiger partial charge in [-0.2, -0.15) is 0 Å². The highest BCUT2D eigenvalue weighted by molar-refractivity contribution is 5.70. The van der Waals surface area contributed by atoms with E-state index in [2.05, 4.69) is 11.9 Å². The zero-order valence-corrected chi connectivity index (χ0v) is 8.70. The Bertz CT molecular complexity index is 215. The van der Waals surface area contributed by atoms with E-state index in [1.54, 1.807) is 0 Å². The number of carbonyl (C=O) groups is 1. The second kappa shape index (κ2) is 5.15. The normalized spacial score (nSPS) is 29.5. The van der Waals surface area contributed by atoms with Gasteiger partial charge in [0.1, 0.15) is 0 Å². The molecule has 80 valence electrons. The van der Waals surface area contributed by atoms with Gasteiger partial charge in [-0.15, -0.1) is 6.58 Å². The van der Waals surface area contributed by atoms with E-state index in [1.807, 2.05) is 13.0 Å². The van der Waals surface area contributed by atoms with Gasteiger partial charge in [0, 0.05) is 12.1 Å². The van der Waals surface area contributed by atoms with Crippen LogP contribution in [0.4, 0.5) is 0 Å². The van der Waals surface area contributed by atoms with Crippen LogP contribution in [-0.2, 0) is 4.79 Å². The summed E-state index contributed by atoms with van der Waals surface area (Å²) in [6.07, 6.45) is 5.54. The van der Waals surface area contributed by atoms with Crippen LogP contribution >= 0.6 is 0 Å². The van der Waals surface area contributed by atoms with Crippen molar-refractivity contribution in [2.24, 2.45) is 5.92 Å². The first-order valence-electron chi connectivity index (χ1n) is 5.25. The molecule has 1 rings (SSSR count). The van der Waals surface area contributed by atoms with E-state index in [0.717, 1.165) is 25.7 Å². The molecule has 0 aromatic rings. The smallest absolute Gasteiger partial charge is 0.306 e. The van der Waals surface area contributed by atoms with E-state index < -0.39 is 5.97 Å². The lowest BCUT2D eigenvalue weighted by atomic mass is 9.85. The van der Waals surface area contributed by atoms with Crippen LogP contribution in [0.2, 0.25) is 0 Å². The fraction of sp³-hybridized carbons (Fsp3) is 0.727. The molecule has 0 heterocycles. The third-order valence-electron chi connectivity index (χ3n) is 2.88. The Balaban J connectivity index is 2.39. The highest BCUT2D eigenvalue weighted by atomic mass is 16.4. The standard InChI is InChI=1S/C11H19NO2/c1-3-8(2)12-10-6-4-5-9(7-10)11(13)14/h3,8-10,12H,1,4-7H2,2H3,(H,13,14). The second-order valence-electron chi connectivity index (χ2n) is 4.09. The number of nitrogens with one attached hydrogen (secondary N) is 1. The van der Waals surface area contributed by atoms with Crippen molar-refractivity contribution in [2.75, 3.05) is 0 Å². The Morgan fingerprint density at radius 1 is 1.64 bits per heavy atom. The summed E-state index contributed by atoms with van der Waals surface area (Å²) in [7, 11) is 0. The zero-order chi connectivity index (χ0) is 10.6. The maximum atomic E-state index is 10.8. The molecule has 2 N–H and O–H groups in total. The number of carboxylic acid groups (broad SMARTS) is 1. The van der Waals surface area contributed by atoms with Gasteiger partial charge in [0.25, 0.3) is 0 Å². The third kappa shape index (κ3) is 3.14. The summed E-state index contributed by atoms with van der Waals surface area (Å²) in [5.41, 5.74) is 0. The van der Waals surface area contributed by atoms with Gasteiger partial charge in [-0.05, 0) is 26.2 Å². The summed E-state index contributed by atoms with van der Waals surface area (Å²) in [5, 5.41) is 12.3. The molecule has 1 aliphatic carbocycles. The van der Waals surface area contributed by atoms with Crippen LogP contribution < -0.4 is 5.32 Å². The summed E-state index contributed by atoms with van der Waals surface area (Å²) in [4.78, 5) is 10.8. The van der Waals surface area contributed by atoms with Crippen LogP contribution in [-0.4, -0.2) is 23.2 Å². The van der Waals surface area contributed by atoms with Crippen molar-refractivity contribution in [1.82, 2.24) is 5.32 Å². The Morgan fingerprint density at radius 3 is 2.93 bits per heavy atom. The first kappa shape index (κ1) is 11.2.